The maximum absolute atomic E-state index is 13.4. The molecule has 1 fully saturated rings. The van der Waals surface area contributed by atoms with Crippen LogP contribution in [0, 0.1) is 11.8 Å². The monoisotopic (exact) mass is 549 g/mol. The van der Waals surface area contributed by atoms with E-state index in [1.54, 1.807) is 33.2 Å². The van der Waals surface area contributed by atoms with Crippen molar-refractivity contribution in [3.05, 3.63) is 28.8 Å². The number of aromatic hydroxyl groups is 1. The van der Waals surface area contributed by atoms with E-state index in [1.165, 1.54) is 11.3 Å². The molecular formula is C28H43N3O8. The first-order valence-corrected chi connectivity index (χ1v) is 13.6. The molecule has 0 saturated carbocycles. The first-order chi connectivity index (χ1) is 18.4. The third-order valence-corrected chi connectivity index (χ3v) is 8.65. The van der Waals surface area contributed by atoms with Crippen molar-refractivity contribution in [1.82, 2.24) is 9.80 Å². The number of aliphatic hydroxyl groups is 4. The standard InChI is InChI=1S/C28H43N3O8/c1-16-18-8-7-17(13-31-9-5-4-6-10-31)26(37)24(18)21(34)11-19(16)27(38)25(20(14-32)30(2)3)28(39,15-33)22(35)12-23(29)36/h7-8,16,19-20,25,27,32-33,37-39H,4-6,9-15H2,1-3H3,(H2,29,36)/t16-,19-,20+,25+,27-,28-/m0/s1. The number of nitrogens with two attached hydrogens (primary N) is 1. The number of phenolic OH excluding ortho intramolecular Hbond substituents is 1. The fourth-order valence-electron chi connectivity index (χ4n) is 6.33. The number of Topliss-reactive ketones (excluding diaryl/α,β-unsaturated/α-hetero) is 2. The van der Waals surface area contributed by atoms with Crippen molar-refractivity contribution >= 4 is 17.5 Å². The highest BCUT2D eigenvalue weighted by atomic mass is 16.3. The molecular weight excluding hydrogens is 506 g/mol. The minimum absolute atomic E-state index is 0.0653. The first-order valence-electron chi connectivity index (χ1n) is 13.6. The number of fused-ring (bicyclic) bond motifs is 1. The Morgan fingerprint density at radius 3 is 2.36 bits per heavy atom. The smallest absolute Gasteiger partial charge is 0.224 e. The van der Waals surface area contributed by atoms with Gasteiger partial charge in [0.05, 0.1) is 31.3 Å². The van der Waals surface area contributed by atoms with E-state index in [2.05, 4.69) is 4.90 Å². The van der Waals surface area contributed by atoms with Crippen LogP contribution in [0.5, 0.6) is 5.75 Å². The number of likely N-dealkylation sites (N-methyl/N-ethyl adjacent to an activating group) is 1. The van der Waals surface area contributed by atoms with Gasteiger partial charge in [0, 0.05) is 30.5 Å². The summed E-state index contributed by atoms with van der Waals surface area (Å²) in [5, 5.41) is 54.5. The number of likely N-dealkylation sites (tertiary alicyclic amines) is 1. The lowest BCUT2D eigenvalue weighted by Crippen LogP contribution is -2.63. The molecule has 7 N–H and O–H groups in total. The molecule has 1 aromatic rings. The summed E-state index contributed by atoms with van der Waals surface area (Å²) in [5.41, 5.74) is 3.96. The summed E-state index contributed by atoms with van der Waals surface area (Å²) in [6.45, 7) is 2.45. The van der Waals surface area contributed by atoms with Gasteiger partial charge in [-0.05, 0) is 57.4 Å². The number of hydrogen-bond acceptors (Lipinski definition) is 10. The molecule has 0 aromatic heterocycles. The molecule has 1 amide bonds. The Hall–Kier alpha value is -2.41. The Balaban J connectivity index is 1.99. The topological polar surface area (TPSA) is 185 Å². The predicted molar refractivity (Wildman–Crippen MR) is 143 cm³/mol. The van der Waals surface area contributed by atoms with Crippen LogP contribution >= 0.6 is 0 Å². The summed E-state index contributed by atoms with van der Waals surface area (Å²) >= 11 is 0. The fraction of sp³-hybridized carbons (Fsp3) is 0.679. The molecule has 6 atom stereocenters. The molecule has 0 radical (unpaired) electrons. The molecule has 11 heteroatoms. The first kappa shape index (κ1) is 31.1. The van der Waals surface area contributed by atoms with E-state index >= 15 is 0 Å². The number of hydrogen-bond donors (Lipinski definition) is 6. The van der Waals surface area contributed by atoms with E-state index in [1.807, 2.05) is 0 Å². The highest BCUT2D eigenvalue weighted by Gasteiger charge is 2.54. The van der Waals surface area contributed by atoms with E-state index < -0.39 is 66.8 Å². The van der Waals surface area contributed by atoms with E-state index in [-0.39, 0.29) is 23.5 Å². The molecule has 1 aromatic carbocycles. The second-order valence-corrected chi connectivity index (χ2v) is 11.3. The van der Waals surface area contributed by atoms with Crippen molar-refractivity contribution in [2.24, 2.45) is 17.6 Å². The molecule has 1 heterocycles. The number of nitrogens with zero attached hydrogens (tertiary/aromatic N) is 2. The van der Waals surface area contributed by atoms with E-state index in [4.69, 9.17) is 5.73 Å². The van der Waals surface area contributed by atoms with Gasteiger partial charge in [-0.3, -0.25) is 19.3 Å². The zero-order valence-corrected chi connectivity index (χ0v) is 23.0. The Morgan fingerprint density at radius 1 is 1.18 bits per heavy atom. The normalized spacial score (nSPS) is 24.1. The van der Waals surface area contributed by atoms with Gasteiger partial charge in [0.2, 0.25) is 5.91 Å². The van der Waals surface area contributed by atoms with Gasteiger partial charge in [0.15, 0.2) is 17.2 Å². The molecule has 0 bridgehead atoms. The van der Waals surface area contributed by atoms with Gasteiger partial charge in [-0.25, -0.2) is 0 Å². The molecule has 218 valence electrons. The molecule has 2 aliphatic rings. The van der Waals surface area contributed by atoms with Crippen LogP contribution in [-0.4, -0.2) is 111 Å². The van der Waals surface area contributed by atoms with Crippen LogP contribution in [0.2, 0.25) is 0 Å². The SMILES string of the molecule is C[C@H]1c2ccc(CN3CCCCC3)c(O)c2C(=O)C[C@@H]1[C@H](O)[C@@H]([C@@H](CO)N(C)C)[C@](O)(CO)C(=O)CC(N)=O. The Kier molecular flexibility index (Phi) is 10.2. The molecule has 39 heavy (non-hydrogen) atoms. The zero-order valence-electron chi connectivity index (χ0n) is 23.0. The van der Waals surface area contributed by atoms with Crippen LogP contribution in [0.1, 0.15) is 66.4 Å². The second-order valence-electron chi connectivity index (χ2n) is 11.3. The van der Waals surface area contributed by atoms with E-state index in [9.17, 15) is 39.9 Å². The van der Waals surface area contributed by atoms with Crippen molar-refractivity contribution < 1.29 is 39.9 Å². The summed E-state index contributed by atoms with van der Waals surface area (Å²) in [5.74, 6) is -5.33. The van der Waals surface area contributed by atoms with Gasteiger partial charge < -0.3 is 36.2 Å². The van der Waals surface area contributed by atoms with Crippen LogP contribution < -0.4 is 5.73 Å². The highest BCUT2D eigenvalue weighted by Crippen LogP contribution is 2.45. The lowest BCUT2D eigenvalue weighted by molar-refractivity contribution is -0.171. The number of carbonyl (C=O) groups is 3. The number of rotatable bonds is 12. The maximum atomic E-state index is 13.4. The summed E-state index contributed by atoms with van der Waals surface area (Å²) in [6, 6.07) is 2.55. The van der Waals surface area contributed by atoms with Crippen molar-refractivity contribution in [2.45, 2.75) is 69.2 Å². The van der Waals surface area contributed by atoms with Crippen LogP contribution in [0.25, 0.3) is 0 Å². The average Bonchev–Trinajstić information content (AvgIpc) is 2.89. The van der Waals surface area contributed by atoms with Crippen molar-refractivity contribution in [1.29, 1.82) is 0 Å². The number of benzene rings is 1. The molecule has 1 aliphatic heterocycles. The zero-order chi connectivity index (χ0) is 29.1. The van der Waals surface area contributed by atoms with E-state index in [0.29, 0.717) is 17.7 Å². The van der Waals surface area contributed by atoms with Gasteiger partial charge in [-0.15, -0.1) is 0 Å². The number of ketones is 2. The highest BCUT2D eigenvalue weighted by molar-refractivity contribution is 6.03. The minimum atomic E-state index is -2.62. The lowest BCUT2D eigenvalue weighted by Gasteiger charge is -2.46. The molecule has 3 rings (SSSR count). The van der Waals surface area contributed by atoms with Gasteiger partial charge in [0.1, 0.15) is 5.75 Å². The number of primary amides is 1. The summed E-state index contributed by atoms with van der Waals surface area (Å²) < 4.78 is 0. The minimum Gasteiger partial charge on any atom is -0.507 e. The molecule has 0 unspecified atom stereocenters. The third kappa shape index (κ3) is 6.34. The fourth-order valence-corrected chi connectivity index (χ4v) is 6.33. The van der Waals surface area contributed by atoms with Crippen molar-refractivity contribution in [3.63, 3.8) is 0 Å². The summed E-state index contributed by atoms with van der Waals surface area (Å²) in [7, 11) is 3.15. The molecule has 0 spiro atoms. The van der Waals surface area contributed by atoms with Gasteiger partial charge in [-0.2, -0.15) is 0 Å². The summed E-state index contributed by atoms with van der Waals surface area (Å²) in [6.07, 6.45) is 0.739. The maximum Gasteiger partial charge on any atom is 0.224 e. The predicted octanol–water partition coefficient (Wildman–Crippen LogP) is -0.248. The number of aliphatic hydroxyl groups excluding tert-OH is 3. The third-order valence-electron chi connectivity index (χ3n) is 8.65. The van der Waals surface area contributed by atoms with Crippen LogP contribution in [0.4, 0.5) is 0 Å². The number of phenols is 1. The van der Waals surface area contributed by atoms with Crippen LogP contribution in [0.3, 0.4) is 0 Å². The Bertz CT molecular complexity index is 1060. The van der Waals surface area contributed by atoms with Gasteiger partial charge in [-0.1, -0.05) is 25.5 Å². The van der Waals surface area contributed by atoms with Gasteiger partial charge >= 0.3 is 0 Å². The Morgan fingerprint density at radius 2 is 1.82 bits per heavy atom. The van der Waals surface area contributed by atoms with Crippen LogP contribution in [0.15, 0.2) is 12.1 Å². The number of amides is 1. The quantitative estimate of drug-likeness (QED) is 0.190. The lowest BCUT2D eigenvalue weighted by atomic mass is 9.65. The molecule has 11 nitrogen and oxygen atoms in total. The number of carbonyl (C=O) groups excluding carboxylic acids is 3. The van der Waals surface area contributed by atoms with Gasteiger partial charge in [0.25, 0.3) is 0 Å². The molecule has 1 aliphatic carbocycles. The molecule has 1 saturated heterocycles. The van der Waals surface area contributed by atoms with E-state index in [0.717, 1.165) is 25.9 Å². The second kappa shape index (κ2) is 12.8. The summed E-state index contributed by atoms with van der Waals surface area (Å²) in [4.78, 5) is 41.6. The van der Waals surface area contributed by atoms with Crippen molar-refractivity contribution in [3.8, 4) is 5.75 Å². The Labute approximate surface area is 229 Å². The van der Waals surface area contributed by atoms with Crippen LogP contribution in [-0.2, 0) is 16.1 Å². The largest absolute Gasteiger partial charge is 0.507 e. The number of piperidine rings is 1. The van der Waals surface area contributed by atoms with Crippen molar-refractivity contribution in [2.75, 3.05) is 40.4 Å². The average molecular weight is 550 g/mol.